The van der Waals surface area contributed by atoms with Crippen LogP contribution in [0.1, 0.15) is 19.3 Å². The second-order valence-corrected chi connectivity index (χ2v) is 7.96. The lowest BCUT2D eigenvalue weighted by molar-refractivity contribution is -0.142. The van der Waals surface area contributed by atoms with Crippen LogP contribution in [0.2, 0.25) is 0 Å². The summed E-state index contributed by atoms with van der Waals surface area (Å²) in [5, 5.41) is 14.1. The predicted molar refractivity (Wildman–Crippen MR) is 87.4 cm³/mol. The molecule has 1 atom stereocenters. The largest absolute Gasteiger partial charge is 0.481 e. The zero-order chi connectivity index (χ0) is 18.2. The van der Waals surface area contributed by atoms with Crippen molar-refractivity contribution in [1.82, 2.24) is 4.31 Å². The SMILES string of the molecule is O=C1CC(=O)Nc2cc(S(=O)(=O)N3CCCC(C(=O)O)C3)ccc2N1. The van der Waals surface area contributed by atoms with E-state index < -0.39 is 33.7 Å². The summed E-state index contributed by atoms with van der Waals surface area (Å²) in [6, 6.07) is 4.01. The molecule has 0 bridgehead atoms. The van der Waals surface area contributed by atoms with Gasteiger partial charge in [0.2, 0.25) is 21.8 Å². The Bertz CT molecular complexity index is 851. The van der Waals surface area contributed by atoms with Gasteiger partial charge in [-0.25, -0.2) is 8.42 Å². The van der Waals surface area contributed by atoms with Gasteiger partial charge in [-0.05, 0) is 31.0 Å². The number of aliphatic carboxylic acids is 1. The predicted octanol–water partition coefficient (Wildman–Crippen LogP) is 0.453. The highest BCUT2D eigenvalue weighted by atomic mass is 32.2. The van der Waals surface area contributed by atoms with Crippen LogP contribution >= 0.6 is 0 Å². The van der Waals surface area contributed by atoms with E-state index >= 15 is 0 Å². The van der Waals surface area contributed by atoms with Gasteiger partial charge in [0.05, 0.1) is 22.2 Å². The number of sulfonamides is 1. The van der Waals surface area contributed by atoms with Gasteiger partial charge in [-0.2, -0.15) is 4.31 Å². The van der Waals surface area contributed by atoms with E-state index in [4.69, 9.17) is 5.11 Å². The molecule has 2 heterocycles. The van der Waals surface area contributed by atoms with Crippen LogP contribution in [0.5, 0.6) is 0 Å². The van der Waals surface area contributed by atoms with Gasteiger partial charge in [0.1, 0.15) is 6.42 Å². The third-order valence-electron chi connectivity index (χ3n) is 4.23. The zero-order valence-corrected chi connectivity index (χ0v) is 14.0. The third-order valence-corrected chi connectivity index (χ3v) is 6.09. The summed E-state index contributed by atoms with van der Waals surface area (Å²) in [5.41, 5.74) is 0.514. The van der Waals surface area contributed by atoms with E-state index in [0.717, 1.165) is 4.31 Å². The monoisotopic (exact) mass is 367 g/mol. The standard InChI is InChI=1S/C15H17N3O6S/c19-13-7-14(20)17-12-6-10(3-4-11(12)16-13)25(23,24)18-5-1-2-9(8-18)15(21)22/h3-4,6,9H,1-2,5,7-8H2,(H,16,19)(H,17,20)(H,21,22). The Morgan fingerprint density at radius 1 is 1.16 bits per heavy atom. The van der Waals surface area contributed by atoms with Crippen LogP contribution in [0, 0.1) is 5.92 Å². The molecule has 25 heavy (non-hydrogen) atoms. The van der Waals surface area contributed by atoms with Crippen molar-refractivity contribution in [3.8, 4) is 0 Å². The Kier molecular flexibility index (Phi) is 4.48. The number of nitrogens with one attached hydrogen (secondary N) is 2. The molecule has 10 heteroatoms. The summed E-state index contributed by atoms with van der Waals surface area (Å²) in [7, 11) is -3.90. The number of benzene rings is 1. The summed E-state index contributed by atoms with van der Waals surface area (Å²) in [5.74, 6) is -2.76. The quantitative estimate of drug-likeness (QED) is 0.665. The summed E-state index contributed by atoms with van der Waals surface area (Å²) in [6.07, 6.45) is 0.560. The topological polar surface area (TPSA) is 133 Å². The lowest BCUT2D eigenvalue weighted by Gasteiger charge is -2.30. The molecule has 2 amide bonds. The molecule has 1 fully saturated rings. The van der Waals surface area contributed by atoms with Gasteiger partial charge >= 0.3 is 5.97 Å². The number of amides is 2. The van der Waals surface area contributed by atoms with Crippen LogP contribution in [0.15, 0.2) is 23.1 Å². The van der Waals surface area contributed by atoms with Crippen molar-refractivity contribution in [2.24, 2.45) is 5.92 Å². The lowest BCUT2D eigenvalue weighted by Crippen LogP contribution is -2.42. The number of hydrogen-bond donors (Lipinski definition) is 3. The van der Waals surface area contributed by atoms with Crippen molar-refractivity contribution >= 4 is 39.2 Å². The van der Waals surface area contributed by atoms with Crippen molar-refractivity contribution in [2.75, 3.05) is 23.7 Å². The number of nitrogens with zero attached hydrogens (tertiary/aromatic N) is 1. The van der Waals surface area contributed by atoms with Crippen molar-refractivity contribution in [3.05, 3.63) is 18.2 Å². The van der Waals surface area contributed by atoms with Crippen molar-refractivity contribution in [2.45, 2.75) is 24.2 Å². The van der Waals surface area contributed by atoms with E-state index in [1.165, 1.54) is 18.2 Å². The first-order valence-electron chi connectivity index (χ1n) is 7.74. The summed E-state index contributed by atoms with van der Waals surface area (Å²) >= 11 is 0. The lowest BCUT2D eigenvalue weighted by atomic mass is 10.0. The molecular weight excluding hydrogens is 350 g/mol. The number of rotatable bonds is 3. The van der Waals surface area contributed by atoms with E-state index in [1.54, 1.807) is 0 Å². The van der Waals surface area contributed by atoms with Gasteiger partial charge < -0.3 is 15.7 Å². The van der Waals surface area contributed by atoms with Crippen LogP contribution < -0.4 is 10.6 Å². The second-order valence-electron chi connectivity index (χ2n) is 6.02. The number of carboxylic acid groups (broad SMARTS) is 1. The first-order chi connectivity index (χ1) is 11.8. The molecule has 0 spiro atoms. The second kappa shape index (κ2) is 6.45. The van der Waals surface area contributed by atoms with Crippen molar-refractivity contribution < 1.29 is 27.9 Å². The number of piperidine rings is 1. The summed E-state index contributed by atoms with van der Waals surface area (Å²) in [4.78, 5) is 34.3. The normalized spacial score (nSPS) is 21.7. The molecule has 0 saturated carbocycles. The molecule has 3 N–H and O–H groups in total. The van der Waals surface area contributed by atoms with Gasteiger partial charge in [0.15, 0.2) is 0 Å². The first kappa shape index (κ1) is 17.4. The maximum atomic E-state index is 12.8. The van der Waals surface area contributed by atoms with Crippen molar-refractivity contribution in [1.29, 1.82) is 0 Å². The van der Waals surface area contributed by atoms with Crippen molar-refractivity contribution in [3.63, 3.8) is 0 Å². The molecule has 0 aliphatic carbocycles. The Hall–Kier alpha value is -2.46. The maximum absolute atomic E-state index is 12.8. The molecule has 1 unspecified atom stereocenters. The van der Waals surface area contributed by atoms with Crippen LogP contribution in [-0.2, 0) is 24.4 Å². The van der Waals surface area contributed by atoms with Gasteiger partial charge in [0.25, 0.3) is 0 Å². The molecule has 0 aromatic heterocycles. The molecule has 1 aromatic carbocycles. The highest BCUT2D eigenvalue weighted by Gasteiger charge is 2.33. The molecular formula is C15H17N3O6S. The zero-order valence-electron chi connectivity index (χ0n) is 13.2. The number of carbonyl (C=O) groups excluding carboxylic acids is 2. The van der Waals surface area contributed by atoms with Gasteiger partial charge in [-0.3, -0.25) is 14.4 Å². The van der Waals surface area contributed by atoms with Crippen LogP contribution in [0.4, 0.5) is 11.4 Å². The smallest absolute Gasteiger partial charge is 0.307 e. The van der Waals surface area contributed by atoms with E-state index in [-0.39, 0.29) is 30.1 Å². The molecule has 9 nitrogen and oxygen atoms in total. The molecule has 2 aliphatic rings. The minimum absolute atomic E-state index is 0.0614. The Labute approximate surface area is 144 Å². The fraction of sp³-hybridized carbons (Fsp3) is 0.400. The molecule has 134 valence electrons. The van der Waals surface area contributed by atoms with Gasteiger partial charge in [-0.15, -0.1) is 0 Å². The van der Waals surface area contributed by atoms with Gasteiger partial charge in [-0.1, -0.05) is 0 Å². The van der Waals surface area contributed by atoms with Crippen LogP contribution in [0.3, 0.4) is 0 Å². The fourth-order valence-corrected chi connectivity index (χ4v) is 4.49. The number of carbonyl (C=O) groups is 3. The first-order valence-corrected chi connectivity index (χ1v) is 9.18. The number of anilines is 2. The molecule has 2 aliphatic heterocycles. The van der Waals surface area contributed by atoms with E-state index in [0.29, 0.717) is 18.5 Å². The minimum Gasteiger partial charge on any atom is -0.481 e. The highest BCUT2D eigenvalue weighted by molar-refractivity contribution is 7.89. The Morgan fingerprint density at radius 2 is 1.84 bits per heavy atom. The Balaban J connectivity index is 1.92. The number of carboxylic acids is 1. The average molecular weight is 367 g/mol. The molecule has 1 saturated heterocycles. The fourth-order valence-electron chi connectivity index (χ4n) is 2.94. The molecule has 0 radical (unpaired) electrons. The maximum Gasteiger partial charge on any atom is 0.307 e. The summed E-state index contributed by atoms with van der Waals surface area (Å²) < 4.78 is 26.8. The third kappa shape index (κ3) is 3.49. The van der Waals surface area contributed by atoms with Gasteiger partial charge in [0, 0.05) is 13.1 Å². The van der Waals surface area contributed by atoms with E-state index in [9.17, 15) is 22.8 Å². The number of fused-ring (bicyclic) bond motifs is 1. The Morgan fingerprint density at radius 3 is 2.52 bits per heavy atom. The summed E-state index contributed by atoms with van der Waals surface area (Å²) in [6.45, 7) is 0.157. The molecule has 1 aromatic rings. The van der Waals surface area contributed by atoms with Crippen LogP contribution in [-0.4, -0.2) is 48.7 Å². The molecule has 3 rings (SSSR count). The minimum atomic E-state index is -3.90. The van der Waals surface area contributed by atoms with E-state index in [2.05, 4.69) is 10.6 Å². The highest BCUT2D eigenvalue weighted by Crippen LogP contribution is 2.30. The van der Waals surface area contributed by atoms with E-state index in [1.807, 2.05) is 0 Å². The van der Waals surface area contributed by atoms with Crippen LogP contribution in [0.25, 0.3) is 0 Å². The number of hydrogen-bond acceptors (Lipinski definition) is 5. The average Bonchev–Trinajstić information content (AvgIpc) is 2.70.